The first-order valence-corrected chi connectivity index (χ1v) is 14.1. The number of hydrogen-bond acceptors (Lipinski definition) is 8. The fourth-order valence-corrected chi connectivity index (χ4v) is 5.44. The monoisotopic (exact) mass is 547 g/mol. The van der Waals surface area contributed by atoms with Crippen molar-refractivity contribution in [2.75, 3.05) is 70.4 Å². The van der Waals surface area contributed by atoms with Crippen molar-refractivity contribution >= 4 is 11.4 Å². The van der Waals surface area contributed by atoms with Crippen LogP contribution in [0.2, 0.25) is 0 Å². The molecule has 8 heteroatoms. The highest BCUT2D eigenvalue weighted by atomic mass is 16.5. The molecule has 0 saturated carbocycles. The van der Waals surface area contributed by atoms with Crippen LogP contribution in [0.5, 0.6) is 17.2 Å². The van der Waals surface area contributed by atoms with Crippen LogP contribution in [0.25, 0.3) is 0 Å². The summed E-state index contributed by atoms with van der Waals surface area (Å²) in [6, 6.07) is 22.3. The average Bonchev–Trinajstić information content (AvgIpc) is 2.97. The molecular weight excluding hydrogens is 506 g/mol. The maximum absolute atomic E-state index is 11.0. The van der Waals surface area contributed by atoms with Gasteiger partial charge in [-0.25, -0.2) is 0 Å². The highest BCUT2D eigenvalue weighted by molar-refractivity contribution is 5.61. The zero-order chi connectivity index (χ0) is 27.9. The number of benzene rings is 3. The number of β-amino-alcohol motifs (C(OH)–C–C–N with tert-alkyl or cyclic N) is 1. The highest BCUT2D eigenvalue weighted by Crippen LogP contribution is 2.35. The molecule has 1 saturated heterocycles. The molecule has 0 bridgehead atoms. The van der Waals surface area contributed by atoms with Gasteiger partial charge in [0.25, 0.3) is 0 Å². The molecular formula is C32H41N3O5. The van der Waals surface area contributed by atoms with Gasteiger partial charge in [0, 0.05) is 65.1 Å². The molecule has 2 N–H and O–H groups in total. The van der Waals surface area contributed by atoms with Gasteiger partial charge in [-0.2, -0.15) is 0 Å². The van der Waals surface area contributed by atoms with Gasteiger partial charge in [-0.15, -0.1) is 0 Å². The quantitative estimate of drug-likeness (QED) is 0.342. The number of fused-ring (bicyclic) bond motifs is 1. The smallest absolute Gasteiger partial charge is 0.142 e. The Morgan fingerprint density at radius 2 is 1.88 bits per heavy atom. The van der Waals surface area contributed by atoms with Crippen molar-refractivity contribution in [2.45, 2.75) is 31.2 Å². The molecule has 3 aromatic carbocycles. The van der Waals surface area contributed by atoms with Crippen LogP contribution in [0.1, 0.15) is 23.5 Å². The van der Waals surface area contributed by atoms with Crippen molar-refractivity contribution < 1.29 is 24.1 Å². The summed E-state index contributed by atoms with van der Waals surface area (Å²) in [5, 5.41) is 14.3. The molecule has 0 radical (unpaired) electrons. The Balaban J connectivity index is 1.25. The molecule has 40 heavy (non-hydrogen) atoms. The lowest BCUT2D eigenvalue weighted by atomic mass is 9.85. The van der Waals surface area contributed by atoms with E-state index in [1.165, 1.54) is 0 Å². The predicted octanol–water partition coefficient (Wildman–Crippen LogP) is 4.41. The van der Waals surface area contributed by atoms with Crippen molar-refractivity contribution in [3.8, 4) is 17.2 Å². The number of aliphatic hydroxyl groups is 1. The molecule has 0 aromatic heterocycles. The average molecular weight is 548 g/mol. The minimum absolute atomic E-state index is 0.140. The topological polar surface area (TPSA) is 75.7 Å². The lowest BCUT2D eigenvalue weighted by Crippen LogP contribution is -2.49. The molecule has 1 fully saturated rings. The number of aliphatic hydroxyl groups excluding tert-OH is 1. The second-order valence-electron chi connectivity index (χ2n) is 10.6. The van der Waals surface area contributed by atoms with Crippen LogP contribution >= 0.6 is 0 Å². The van der Waals surface area contributed by atoms with E-state index >= 15 is 0 Å². The Kier molecular flexibility index (Phi) is 9.44. The van der Waals surface area contributed by atoms with Crippen molar-refractivity contribution in [1.29, 1.82) is 0 Å². The Hall–Kier alpha value is -3.30. The van der Waals surface area contributed by atoms with Crippen LogP contribution in [-0.4, -0.2) is 77.9 Å². The van der Waals surface area contributed by atoms with Gasteiger partial charge in [-0.3, -0.25) is 0 Å². The van der Waals surface area contributed by atoms with Crippen LogP contribution in [-0.2, 0) is 16.1 Å². The van der Waals surface area contributed by atoms with E-state index in [9.17, 15) is 5.11 Å². The number of rotatable bonds is 11. The lowest BCUT2D eigenvalue weighted by molar-refractivity contribution is -0.0328. The van der Waals surface area contributed by atoms with E-state index in [-0.39, 0.29) is 12.0 Å². The van der Waals surface area contributed by atoms with Gasteiger partial charge in [0.05, 0.1) is 31.0 Å². The number of piperidine rings is 1. The summed E-state index contributed by atoms with van der Waals surface area (Å²) in [6.45, 7) is 4.89. The summed E-state index contributed by atoms with van der Waals surface area (Å²) < 4.78 is 23.7. The van der Waals surface area contributed by atoms with Gasteiger partial charge in [0.1, 0.15) is 23.9 Å². The van der Waals surface area contributed by atoms with Gasteiger partial charge in [-0.05, 0) is 53.9 Å². The second kappa shape index (κ2) is 13.4. The van der Waals surface area contributed by atoms with Crippen LogP contribution in [0.3, 0.4) is 0 Å². The van der Waals surface area contributed by atoms with Crippen molar-refractivity contribution in [3.05, 3.63) is 77.9 Å². The van der Waals surface area contributed by atoms with Crippen molar-refractivity contribution in [2.24, 2.45) is 0 Å². The summed E-state index contributed by atoms with van der Waals surface area (Å²) in [6.07, 6.45) is 0.254. The minimum Gasteiger partial charge on any atom is -0.490 e. The number of methoxy groups -OCH3 is 1. The molecule has 0 amide bonds. The van der Waals surface area contributed by atoms with E-state index < -0.39 is 6.10 Å². The van der Waals surface area contributed by atoms with Crippen LogP contribution in [0, 0.1) is 0 Å². The van der Waals surface area contributed by atoms with E-state index in [0.29, 0.717) is 26.3 Å². The summed E-state index contributed by atoms with van der Waals surface area (Å²) in [5.74, 6) is 2.32. The predicted molar refractivity (Wildman–Crippen MR) is 158 cm³/mol. The number of ether oxygens (including phenoxy) is 4. The van der Waals surface area contributed by atoms with Crippen molar-refractivity contribution in [3.63, 3.8) is 0 Å². The largest absolute Gasteiger partial charge is 0.490 e. The molecule has 0 aliphatic carbocycles. The third-order valence-corrected chi connectivity index (χ3v) is 7.57. The van der Waals surface area contributed by atoms with E-state index in [2.05, 4.69) is 22.3 Å². The molecule has 214 valence electrons. The molecule has 3 aromatic rings. The summed E-state index contributed by atoms with van der Waals surface area (Å²) in [7, 11) is 5.76. The van der Waals surface area contributed by atoms with Gasteiger partial charge in [0.15, 0.2) is 0 Å². The van der Waals surface area contributed by atoms with Crippen LogP contribution in [0.4, 0.5) is 11.4 Å². The number of nitrogens with one attached hydrogen (secondary N) is 1. The third kappa shape index (κ3) is 6.88. The molecule has 2 aliphatic rings. The summed E-state index contributed by atoms with van der Waals surface area (Å²) >= 11 is 0. The zero-order valence-corrected chi connectivity index (χ0v) is 23.7. The molecule has 0 unspecified atom stereocenters. The molecule has 8 nitrogen and oxygen atoms in total. The normalized spacial score (nSPS) is 20.5. The van der Waals surface area contributed by atoms with Crippen molar-refractivity contribution in [1.82, 2.24) is 5.32 Å². The number of hydrogen-bond donors (Lipinski definition) is 2. The van der Waals surface area contributed by atoms with E-state index in [1.807, 2.05) is 73.6 Å². The molecule has 3 atom stereocenters. The Morgan fingerprint density at radius 1 is 1.02 bits per heavy atom. The van der Waals surface area contributed by atoms with Gasteiger partial charge < -0.3 is 39.2 Å². The van der Waals surface area contributed by atoms with E-state index in [1.54, 1.807) is 7.11 Å². The van der Waals surface area contributed by atoms with Gasteiger partial charge in [0.2, 0.25) is 0 Å². The van der Waals surface area contributed by atoms with Gasteiger partial charge >= 0.3 is 0 Å². The van der Waals surface area contributed by atoms with Crippen LogP contribution < -0.4 is 24.6 Å². The Bertz CT molecular complexity index is 1240. The molecule has 5 rings (SSSR count). The second-order valence-corrected chi connectivity index (χ2v) is 10.6. The van der Waals surface area contributed by atoms with E-state index in [0.717, 1.165) is 65.9 Å². The first kappa shape index (κ1) is 28.2. The first-order valence-electron chi connectivity index (χ1n) is 14.1. The zero-order valence-electron chi connectivity index (χ0n) is 23.7. The molecule has 0 spiro atoms. The van der Waals surface area contributed by atoms with Gasteiger partial charge in [-0.1, -0.05) is 24.3 Å². The van der Waals surface area contributed by atoms with Crippen LogP contribution in [0.15, 0.2) is 66.7 Å². The fourth-order valence-electron chi connectivity index (χ4n) is 5.44. The number of anilines is 2. The molecule has 2 heterocycles. The maximum atomic E-state index is 11.0. The Labute approximate surface area is 237 Å². The third-order valence-electron chi connectivity index (χ3n) is 7.57. The number of nitrogens with zero attached hydrogens (tertiary/aromatic N) is 2. The summed E-state index contributed by atoms with van der Waals surface area (Å²) in [4.78, 5) is 4.40. The van der Waals surface area contributed by atoms with E-state index in [4.69, 9.17) is 18.9 Å². The SMILES string of the molecule is COCCCN1CCOc2ccc(CO[C@H]3CNC[C@@H](O)[C@@H]3c3ccc(Oc4cccc(N(C)C)c4)cc3)cc21. The lowest BCUT2D eigenvalue weighted by Gasteiger charge is -2.36. The highest BCUT2D eigenvalue weighted by Gasteiger charge is 2.34. The minimum atomic E-state index is -0.546. The molecule has 2 aliphatic heterocycles. The first-order chi connectivity index (χ1) is 19.5. The Morgan fingerprint density at radius 3 is 2.67 bits per heavy atom. The summed E-state index contributed by atoms with van der Waals surface area (Å²) in [5.41, 5.74) is 4.31. The fraction of sp³-hybridized carbons (Fsp3) is 0.438. The standard InChI is InChI=1S/C32H41N3O5/c1-34(2)25-6-4-7-27(19-25)40-26-11-9-24(10-12-26)32-29(36)20-33-21-31(32)39-22-23-8-13-30-28(18-23)35(15-17-38-30)14-5-16-37-3/h4,6-13,18-19,29,31-33,36H,5,14-17,20-22H2,1-3H3/t29-,31+,32+/m1/s1. The maximum Gasteiger partial charge on any atom is 0.142 e.